The zero-order chi connectivity index (χ0) is 22.2. The Morgan fingerprint density at radius 2 is 1.56 bits per heavy atom. The molecule has 4 nitrogen and oxygen atoms in total. The van der Waals surface area contributed by atoms with E-state index in [1.807, 2.05) is 42.5 Å². The first-order chi connectivity index (χ1) is 15.6. The van der Waals surface area contributed by atoms with Gasteiger partial charge in [-0.15, -0.1) is 0 Å². The third-order valence-corrected chi connectivity index (χ3v) is 5.99. The predicted molar refractivity (Wildman–Crippen MR) is 122 cm³/mol. The molecule has 32 heavy (non-hydrogen) atoms. The van der Waals surface area contributed by atoms with Gasteiger partial charge in [-0.25, -0.2) is 4.39 Å². The number of ether oxygens (including phenoxy) is 2. The molecule has 1 aliphatic rings. The Hall–Kier alpha value is -3.86. The molecular formula is C27H22FNO3. The fraction of sp³-hybridized carbons (Fsp3) is 0.148. The molecule has 0 N–H and O–H groups in total. The van der Waals surface area contributed by atoms with E-state index in [-0.39, 0.29) is 11.6 Å². The van der Waals surface area contributed by atoms with Crippen LogP contribution in [0.15, 0.2) is 72.8 Å². The van der Waals surface area contributed by atoms with E-state index in [1.54, 1.807) is 14.2 Å². The third-order valence-electron chi connectivity index (χ3n) is 5.99. The molecule has 0 saturated carbocycles. The first kappa shape index (κ1) is 20.1. The minimum atomic E-state index is -0.364. The van der Waals surface area contributed by atoms with E-state index in [1.165, 1.54) is 24.3 Å². The maximum atomic E-state index is 13.6. The molecule has 0 spiro atoms. The number of methoxy groups -OCH3 is 2. The van der Waals surface area contributed by atoms with E-state index in [0.717, 1.165) is 34.4 Å². The first-order valence-corrected chi connectivity index (χ1v) is 10.4. The van der Waals surface area contributed by atoms with Crippen LogP contribution in [0.1, 0.15) is 21.6 Å². The average molecular weight is 427 g/mol. The molecule has 0 bridgehead atoms. The smallest absolute Gasteiger partial charge is 0.210 e. The quantitative estimate of drug-likeness (QED) is 0.380. The molecule has 4 aromatic rings. The number of fused-ring (bicyclic) bond motifs is 3. The van der Waals surface area contributed by atoms with Crippen LogP contribution in [0.3, 0.4) is 0 Å². The van der Waals surface area contributed by atoms with Crippen molar-refractivity contribution in [3.8, 4) is 33.9 Å². The van der Waals surface area contributed by atoms with Crippen LogP contribution in [0.25, 0.3) is 22.4 Å². The lowest BCUT2D eigenvalue weighted by atomic mass is 9.97. The van der Waals surface area contributed by atoms with Crippen LogP contribution in [0.4, 0.5) is 4.39 Å². The van der Waals surface area contributed by atoms with Crippen molar-refractivity contribution in [1.82, 2.24) is 4.57 Å². The Bertz CT molecular complexity index is 1310. The van der Waals surface area contributed by atoms with Gasteiger partial charge in [-0.3, -0.25) is 4.79 Å². The minimum Gasteiger partial charge on any atom is -0.493 e. The van der Waals surface area contributed by atoms with Crippen molar-refractivity contribution in [3.63, 3.8) is 0 Å². The van der Waals surface area contributed by atoms with E-state index >= 15 is 0 Å². The molecule has 0 amide bonds. The maximum absolute atomic E-state index is 13.6. The maximum Gasteiger partial charge on any atom is 0.210 e. The van der Waals surface area contributed by atoms with Crippen molar-refractivity contribution >= 4 is 5.78 Å². The predicted octanol–water partition coefficient (Wildman–Crippen LogP) is 5.77. The fourth-order valence-electron chi connectivity index (χ4n) is 4.42. The normalized spacial score (nSPS) is 12.1. The number of hydrogen-bond acceptors (Lipinski definition) is 3. The van der Waals surface area contributed by atoms with E-state index in [2.05, 4.69) is 10.6 Å². The Morgan fingerprint density at radius 1 is 0.875 bits per heavy atom. The lowest BCUT2D eigenvalue weighted by Crippen LogP contribution is -2.17. The minimum absolute atomic E-state index is 0.126. The molecule has 3 aromatic carbocycles. The number of benzene rings is 3. The van der Waals surface area contributed by atoms with Gasteiger partial charge in [0.05, 0.1) is 19.9 Å². The number of carbonyl (C=O) groups excluding carboxylic acids is 1. The molecule has 0 radical (unpaired) electrons. The zero-order valence-corrected chi connectivity index (χ0v) is 17.9. The van der Waals surface area contributed by atoms with Crippen molar-refractivity contribution in [2.45, 2.75) is 13.0 Å². The van der Waals surface area contributed by atoms with Crippen molar-refractivity contribution < 1.29 is 18.7 Å². The summed E-state index contributed by atoms with van der Waals surface area (Å²) in [7, 11) is 3.24. The van der Waals surface area contributed by atoms with Crippen LogP contribution in [0, 0.1) is 5.82 Å². The van der Waals surface area contributed by atoms with Gasteiger partial charge in [0, 0.05) is 28.9 Å². The summed E-state index contributed by atoms with van der Waals surface area (Å²) in [5.41, 5.74) is 6.01. The standard InChI is InChI=1S/C27H22FNO3/c1-31-24-14-19-12-13-29-23(21(19)16-25(24)32-2)15-22(17-6-4-3-5-7-17)26(29)27(30)18-8-10-20(28)11-9-18/h3-11,14-16H,12-13H2,1-2H3. The highest BCUT2D eigenvalue weighted by molar-refractivity contribution is 6.12. The lowest BCUT2D eigenvalue weighted by Gasteiger charge is -2.23. The number of hydrogen-bond donors (Lipinski definition) is 0. The van der Waals surface area contributed by atoms with Gasteiger partial charge in [0.2, 0.25) is 5.78 Å². The number of carbonyl (C=O) groups is 1. The van der Waals surface area contributed by atoms with Crippen LogP contribution in [-0.4, -0.2) is 24.6 Å². The Morgan fingerprint density at radius 3 is 2.25 bits per heavy atom. The third kappa shape index (κ3) is 3.26. The molecule has 2 heterocycles. The van der Waals surface area contributed by atoms with Crippen LogP contribution in [-0.2, 0) is 13.0 Å². The second-order valence-electron chi connectivity index (χ2n) is 7.76. The van der Waals surface area contributed by atoms with E-state index in [4.69, 9.17) is 9.47 Å². The summed E-state index contributed by atoms with van der Waals surface area (Å²) >= 11 is 0. The van der Waals surface area contributed by atoms with E-state index < -0.39 is 0 Å². The molecule has 5 heteroatoms. The second kappa shape index (κ2) is 8.00. The van der Waals surface area contributed by atoms with Gasteiger partial charge in [-0.1, -0.05) is 30.3 Å². The molecule has 0 atom stereocenters. The summed E-state index contributed by atoms with van der Waals surface area (Å²) in [5.74, 6) is 0.849. The molecular weight excluding hydrogens is 405 g/mol. The number of halogens is 1. The molecule has 1 aliphatic heterocycles. The number of aryl methyl sites for hydroxylation is 1. The van der Waals surface area contributed by atoms with Crippen LogP contribution in [0.2, 0.25) is 0 Å². The van der Waals surface area contributed by atoms with Gasteiger partial charge in [-0.05, 0) is 60.0 Å². The molecule has 0 unspecified atom stereocenters. The van der Waals surface area contributed by atoms with Gasteiger partial charge in [0.15, 0.2) is 11.5 Å². The molecule has 5 rings (SSSR count). The highest BCUT2D eigenvalue weighted by Crippen LogP contribution is 2.42. The molecule has 0 aliphatic carbocycles. The molecule has 0 fully saturated rings. The van der Waals surface area contributed by atoms with E-state index in [9.17, 15) is 9.18 Å². The molecule has 160 valence electrons. The summed E-state index contributed by atoms with van der Waals surface area (Å²) in [5, 5.41) is 0. The van der Waals surface area contributed by atoms with Gasteiger partial charge in [0.25, 0.3) is 0 Å². The van der Waals surface area contributed by atoms with Crippen molar-refractivity contribution in [3.05, 3.63) is 95.4 Å². The summed E-state index contributed by atoms with van der Waals surface area (Å²) < 4.78 is 26.5. The average Bonchev–Trinajstić information content (AvgIpc) is 3.23. The highest BCUT2D eigenvalue weighted by Gasteiger charge is 2.28. The van der Waals surface area contributed by atoms with Crippen molar-refractivity contribution in [1.29, 1.82) is 0 Å². The van der Waals surface area contributed by atoms with Crippen molar-refractivity contribution in [2.24, 2.45) is 0 Å². The second-order valence-corrected chi connectivity index (χ2v) is 7.76. The summed E-state index contributed by atoms with van der Waals surface area (Å²) in [6.07, 6.45) is 0.759. The van der Waals surface area contributed by atoms with Gasteiger partial charge < -0.3 is 14.0 Å². The Labute approximate surface area is 185 Å². The summed E-state index contributed by atoms with van der Waals surface area (Å²) in [4.78, 5) is 13.6. The van der Waals surface area contributed by atoms with Crippen LogP contribution >= 0.6 is 0 Å². The van der Waals surface area contributed by atoms with Crippen molar-refractivity contribution in [2.75, 3.05) is 14.2 Å². The monoisotopic (exact) mass is 427 g/mol. The van der Waals surface area contributed by atoms with Crippen LogP contribution < -0.4 is 9.47 Å². The summed E-state index contributed by atoms with van der Waals surface area (Å²) in [6.45, 7) is 0.660. The number of aromatic nitrogens is 1. The topological polar surface area (TPSA) is 40.5 Å². The first-order valence-electron chi connectivity index (χ1n) is 10.4. The van der Waals surface area contributed by atoms with E-state index in [0.29, 0.717) is 29.3 Å². The lowest BCUT2D eigenvalue weighted by molar-refractivity contribution is 0.103. The van der Waals surface area contributed by atoms with Crippen LogP contribution in [0.5, 0.6) is 11.5 Å². The SMILES string of the molecule is COc1cc2c(cc1OC)-c1cc(-c3ccccc3)c(C(=O)c3ccc(F)cc3)n1CC2. The molecule has 0 saturated heterocycles. The largest absolute Gasteiger partial charge is 0.493 e. The summed E-state index contributed by atoms with van der Waals surface area (Å²) in [6, 6.07) is 21.6. The van der Waals surface area contributed by atoms with Gasteiger partial charge >= 0.3 is 0 Å². The number of ketones is 1. The number of nitrogens with zero attached hydrogens (tertiary/aromatic N) is 1. The number of rotatable bonds is 5. The molecule has 1 aromatic heterocycles. The Kier molecular flexibility index (Phi) is 5.02. The fourth-order valence-corrected chi connectivity index (χ4v) is 4.42. The van der Waals surface area contributed by atoms with Gasteiger partial charge in [-0.2, -0.15) is 0 Å². The highest BCUT2D eigenvalue weighted by atomic mass is 19.1. The zero-order valence-electron chi connectivity index (χ0n) is 17.9. The Balaban J connectivity index is 1.74. The van der Waals surface area contributed by atoms with Gasteiger partial charge in [0.1, 0.15) is 5.82 Å².